The lowest BCUT2D eigenvalue weighted by Crippen LogP contribution is -2.20. The molecule has 0 radical (unpaired) electrons. The van der Waals surface area contributed by atoms with Crippen LogP contribution in [0, 0.1) is 6.92 Å². The highest BCUT2D eigenvalue weighted by atomic mass is 16.5. The molecular formula is C16H22N4O. The number of hydrogen-bond acceptors (Lipinski definition) is 5. The molecule has 0 amide bonds. The predicted molar refractivity (Wildman–Crippen MR) is 84.6 cm³/mol. The monoisotopic (exact) mass is 286 g/mol. The summed E-state index contributed by atoms with van der Waals surface area (Å²) in [6.45, 7) is 3.49. The van der Waals surface area contributed by atoms with Gasteiger partial charge >= 0.3 is 0 Å². The Kier molecular flexibility index (Phi) is 5.11. The number of aryl methyl sites for hydroxylation is 1. The van der Waals surface area contributed by atoms with E-state index in [1.165, 1.54) is 0 Å². The van der Waals surface area contributed by atoms with Crippen LogP contribution in [0.2, 0.25) is 0 Å². The Morgan fingerprint density at radius 2 is 2.00 bits per heavy atom. The summed E-state index contributed by atoms with van der Waals surface area (Å²) in [5, 5.41) is 3.12. The van der Waals surface area contributed by atoms with E-state index >= 15 is 0 Å². The number of hydrogen-bond donors (Lipinski definition) is 1. The van der Waals surface area contributed by atoms with Crippen LogP contribution in [0.3, 0.4) is 0 Å². The van der Waals surface area contributed by atoms with Gasteiger partial charge in [0.25, 0.3) is 0 Å². The van der Waals surface area contributed by atoms with E-state index < -0.39 is 0 Å². The van der Waals surface area contributed by atoms with Crippen LogP contribution >= 0.6 is 0 Å². The van der Waals surface area contributed by atoms with Crippen LogP contribution in [-0.2, 0) is 13.1 Å². The number of aromatic nitrogens is 2. The van der Waals surface area contributed by atoms with Gasteiger partial charge in [0, 0.05) is 43.2 Å². The lowest BCUT2D eigenvalue weighted by molar-refractivity contribution is 0.409. The van der Waals surface area contributed by atoms with E-state index in [4.69, 9.17) is 4.74 Å². The Morgan fingerprint density at radius 3 is 2.67 bits per heavy atom. The van der Waals surface area contributed by atoms with Crippen LogP contribution in [0.15, 0.2) is 30.5 Å². The van der Waals surface area contributed by atoms with Gasteiger partial charge in [-0.3, -0.25) is 0 Å². The van der Waals surface area contributed by atoms with Crippen LogP contribution in [0.1, 0.15) is 16.8 Å². The summed E-state index contributed by atoms with van der Waals surface area (Å²) in [6.07, 6.45) is 1.88. The predicted octanol–water partition coefficient (Wildman–Crippen LogP) is 2.15. The first-order valence-corrected chi connectivity index (χ1v) is 6.96. The molecule has 1 aromatic carbocycles. The highest BCUT2D eigenvalue weighted by Crippen LogP contribution is 2.20. The van der Waals surface area contributed by atoms with Crippen LogP contribution in [0.4, 0.5) is 5.95 Å². The van der Waals surface area contributed by atoms with Crippen molar-refractivity contribution in [1.29, 1.82) is 0 Å². The Hall–Kier alpha value is -2.14. The highest BCUT2D eigenvalue weighted by molar-refractivity contribution is 5.39. The zero-order valence-corrected chi connectivity index (χ0v) is 13.1. The van der Waals surface area contributed by atoms with Crippen molar-refractivity contribution in [2.45, 2.75) is 20.0 Å². The Morgan fingerprint density at radius 1 is 1.24 bits per heavy atom. The molecule has 2 aromatic rings. The van der Waals surface area contributed by atoms with E-state index in [-0.39, 0.29) is 0 Å². The average molecular weight is 286 g/mol. The van der Waals surface area contributed by atoms with Crippen LogP contribution in [-0.4, -0.2) is 31.2 Å². The molecule has 0 aliphatic heterocycles. The third-order valence-corrected chi connectivity index (χ3v) is 3.38. The van der Waals surface area contributed by atoms with Crippen molar-refractivity contribution >= 4 is 5.95 Å². The first kappa shape index (κ1) is 15.3. The number of rotatable bonds is 6. The van der Waals surface area contributed by atoms with Gasteiger partial charge < -0.3 is 15.0 Å². The number of anilines is 1. The van der Waals surface area contributed by atoms with E-state index in [0.29, 0.717) is 6.54 Å². The second-order valence-corrected chi connectivity index (χ2v) is 4.98. The zero-order valence-electron chi connectivity index (χ0n) is 13.1. The molecule has 1 aromatic heterocycles. The summed E-state index contributed by atoms with van der Waals surface area (Å²) < 4.78 is 5.38. The van der Waals surface area contributed by atoms with Gasteiger partial charge in [0.15, 0.2) is 0 Å². The SMILES string of the molecule is CNCc1cnc(N(C)Cc2ccccc2OC)nc1C. The molecular weight excluding hydrogens is 264 g/mol. The maximum absolute atomic E-state index is 5.38. The summed E-state index contributed by atoms with van der Waals surface area (Å²) >= 11 is 0. The van der Waals surface area contributed by atoms with Crippen molar-refractivity contribution in [1.82, 2.24) is 15.3 Å². The molecule has 0 fully saturated rings. The average Bonchev–Trinajstić information content (AvgIpc) is 2.50. The minimum Gasteiger partial charge on any atom is -0.496 e. The summed E-state index contributed by atoms with van der Waals surface area (Å²) in [5.74, 6) is 1.60. The van der Waals surface area contributed by atoms with Crippen molar-refractivity contribution < 1.29 is 4.74 Å². The van der Waals surface area contributed by atoms with Gasteiger partial charge in [0.1, 0.15) is 5.75 Å². The molecule has 0 saturated carbocycles. The fourth-order valence-corrected chi connectivity index (χ4v) is 2.19. The topological polar surface area (TPSA) is 50.3 Å². The van der Waals surface area contributed by atoms with Crippen molar-refractivity contribution in [2.75, 3.05) is 26.1 Å². The van der Waals surface area contributed by atoms with Crippen molar-refractivity contribution in [2.24, 2.45) is 0 Å². The van der Waals surface area contributed by atoms with Gasteiger partial charge in [-0.05, 0) is 20.0 Å². The van der Waals surface area contributed by atoms with Gasteiger partial charge in [0.05, 0.1) is 7.11 Å². The molecule has 1 N–H and O–H groups in total. The zero-order chi connectivity index (χ0) is 15.2. The summed E-state index contributed by atoms with van der Waals surface area (Å²) in [7, 11) is 5.59. The van der Waals surface area contributed by atoms with Gasteiger partial charge in [-0.2, -0.15) is 0 Å². The quantitative estimate of drug-likeness (QED) is 0.882. The molecule has 0 aliphatic rings. The molecule has 0 aliphatic carbocycles. The normalized spacial score (nSPS) is 10.5. The van der Waals surface area contributed by atoms with Crippen LogP contribution in [0.25, 0.3) is 0 Å². The van der Waals surface area contributed by atoms with Crippen molar-refractivity contribution in [3.8, 4) is 5.75 Å². The lowest BCUT2D eigenvalue weighted by atomic mass is 10.2. The molecule has 0 atom stereocenters. The Labute approximate surface area is 126 Å². The van der Waals surface area contributed by atoms with E-state index in [9.17, 15) is 0 Å². The molecule has 0 spiro atoms. The Bertz CT molecular complexity index is 601. The fourth-order valence-electron chi connectivity index (χ4n) is 2.19. The molecule has 21 heavy (non-hydrogen) atoms. The first-order valence-electron chi connectivity index (χ1n) is 6.96. The van der Waals surface area contributed by atoms with Gasteiger partial charge in [0.2, 0.25) is 5.95 Å². The maximum atomic E-state index is 5.38. The maximum Gasteiger partial charge on any atom is 0.225 e. The first-order chi connectivity index (χ1) is 10.2. The summed E-state index contributed by atoms with van der Waals surface area (Å²) in [5.41, 5.74) is 3.23. The minimum absolute atomic E-state index is 0.703. The summed E-state index contributed by atoms with van der Waals surface area (Å²) in [6, 6.07) is 7.99. The van der Waals surface area contributed by atoms with Gasteiger partial charge in [-0.1, -0.05) is 18.2 Å². The number of methoxy groups -OCH3 is 1. The minimum atomic E-state index is 0.703. The Balaban J connectivity index is 2.16. The molecule has 0 bridgehead atoms. The van der Waals surface area contributed by atoms with Crippen LogP contribution in [0.5, 0.6) is 5.75 Å². The second kappa shape index (κ2) is 7.04. The van der Waals surface area contributed by atoms with E-state index in [1.54, 1.807) is 7.11 Å². The van der Waals surface area contributed by atoms with Gasteiger partial charge in [-0.25, -0.2) is 9.97 Å². The molecule has 5 nitrogen and oxygen atoms in total. The second-order valence-electron chi connectivity index (χ2n) is 4.98. The smallest absolute Gasteiger partial charge is 0.225 e. The summed E-state index contributed by atoms with van der Waals surface area (Å²) in [4.78, 5) is 11.0. The molecule has 112 valence electrons. The number of nitrogens with one attached hydrogen (secondary N) is 1. The van der Waals surface area contributed by atoms with Crippen LogP contribution < -0.4 is 15.0 Å². The van der Waals surface area contributed by atoms with Crippen molar-refractivity contribution in [3.05, 3.63) is 47.3 Å². The molecule has 0 unspecified atom stereocenters. The van der Waals surface area contributed by atoms with E-state index in [0.717, 1.165) is 35.1 Å². The third kappa shape index (κ3) is 3.70. The van der Waals surface area contributed by atoms with Gasteiger partial charge in [-0.15, -0.1) is 0 Å². The molecule has 1 heterocycles. The third-order valence-electron chi connectivity index (χ3n) is 3.38. The number of benzene rings is 1. The highest BCUT2D eigenvalue weighted by Gasteiger charge is 2.10. The standard InChI is InChI=1S/C16H22N4O/c1-12-14(9-17-2)10-18-16(19-12)20(3)11-13-7-5-6-8-15(13)21-4/h5-8,10,17H,9,11H2,1-4H3. The molecule has 5 heteroatoms. The van der Waals surface area contributed by atoms with Crippen molar-refractivity contribution in [3.63, 3.8) is 0 Å². The van der Waals surface area contributed by atoms with E-state index in [2.05, 4.69) is 21.4 Å². The number of para-hydroxylation sites is 1. The lowest BCUT2D eigenvalue weighted by Gasteiger charge is -2.19. The molecule has 2 rings (SSSR count). The largest absolute Gasteiger partial charge is 0.496 e. The van der Waals surface area contributed by atoms with E-state index in [1.807, 2.05) is 50.3 Å². The fraction of sp³-hybridized carbons (Fsp3) is 0.375. The number of nitrogens with zero attached hydrogens (tertiary/aromatic N) is 3. The molecule has 0 saturated heterocycles. The number of ether oxygens (including phenoxy) is 1.